The van der Waals surface area contributed by atoms with Crippen LogP contribution in [0.25, 0.3) is 0 Å². The molecule has 2 aromatic rings. The zero-order valence-corrected chi connectivity index (χ0v) is 14.6. The lowest BCUT2D eigenvalue weighted by Crippen LogP contribution is -2.41. The highest BCUT2D eigenvalue weighted by Crippen LogP contribution is 2.30. The average molecular weight is 379 g/mol. The van der Waals surface area contributed by atoms with E-state index in [-0.39, 0.29) is 24.1 Å². The first kappa shape index (κ1) is 19.2. The standard InChI is InChI=1S/C19H20F3N3O2/c20-19(21,22)15-4-3-5-16(12-15)23-18(26)13-24-10-7-14(8-11-24)17-6-1-2-9-25(17)27/h1-6,9,12,14H,7-8,10-11,13H2,(H,23,26). The second-order valence-electron chi connectivity index (χ2n) is 6.63. The SMILES string of the molecule is O=C(CN1CCC(c2cccc[n+]2[O-])CC1)Nc1cccc(C(F)(F)F)c1. The van der Waals surface area contributed by atoms with E-state index in [0.717, 1.165) is 35.4 Å². The predicted molar refractivity (Wildman–Crippen MR) is 93.9 cm³/mol. The number of pyridine rings is 1. The zero-order valence-electron chi connectivity index (χ0n) is 14.6. The molecule has 1 aliphatic rings. The van der Waals surface area contributed by atoms with Crippen molar-refractivity contribution in [3.8, 4) is 0 Å². The maximum Gasteiger partial charge on any atom is 0.416 e. The Morgan fingerprint density at radius 2 is 1.93 bits per heavy atom. The van der Waals surface area contributed by atoms with Gasteiger partial charge in [-0.2, -0.15) is 17.9 Å². The van der Waals surface area contributed by atoms with Gasteiger partial charge in [-0.3, -0.25) is 9.69 Å². The van der Waals surface area contributed by atoms with Crippen molar-refractivity contribution >= 4 is 11.6 Å². The molecule has 1 N–H and O–H groups in total. The number of carbonyl (C=O) groups is 1. The molecule has 0 spiro atoms. The highest BCUT2D eigenvalue weighted by atomic mass is 19.4. The van der Waals surface area contributed by atoms with Crippen molar-refractivity contribution in [3.63, 3.8) is 0 Å². The van der Waals surface area contributed by atoms with Gasteiger partial charge in [0.05, 0.1) is 12.1 Å². The maximum atomic E-state index is 12.7. The largest absolute Gasteiger partial charge is 0.618 e. The monoisotopic (exact) mass is 379 g/mol. The zero-order chi connectivity index (χ0) is 19.4. The maximum absolute atomic E-state index is 12.7. The summed E-state index contributed by atoms with van der Waals surface area (Å²) in [4.78, 5) is 14.1. The van der Waals surface area contributed by atoms with Crippen molar-refractivity contribution < 1.29 is 22.7 Å². The summed E-state index contributed by atoms with van der Waals surface area (Å²) in [6.07, 6.45) is -1.46. The van der Waals surface area contributed by atoms with Crippen molar-refractivity contribution in [2.75, 3.05) is 25.0 Å². The van der Waals surface area contributed by atoms with Gasteiger partial charge in [-0.25, -0.2) is 0 Å². The molecule has 1 amide bonds. The number of halogens is 3. The van der Waals surface area contributed by atoms with Gasteiger partial charge >= 0.3 is 6.18 Å². The minimum Gasteiger partial charge on any atom is -0.618 e. The van der Waals surface area contributed by atoms with Gasteiger partial charge in [0.15, 0.2) is 11.9 Å². The van der Waals surface area contributed by atoms with E-state index >= 15 is 0 Å². The highest BCUT2D eigenvalue weighted by molar-refractivity contribution is 5.92. The van der Waals surface area contributed by atoms with E-state index in [1.807, 2.05) is 17.0 Å². The summed E-state index contributed by atoms with van der Waals surface area (Å²) in [6.45, 7) is 1.40. The summed E-state index contributed by atoms with van der Waals surface area (Å²) in [5, 5.41) is 14.4. The van der Waals surface area contributed by atoms with E-state index in [4.69, 9.17) is 0 Å². The fourth-order valence-corrected chi connectivity index (χ4v) is 3.32. The third kappa shape index (κ3) is 4.97. The third-order valence-corrected chi connectivity index (χ3v) is 4.70. The molecule has 3 rings (SSSR count). The number of piperidine rings is 1. The van der Waals surface area contributed by atoms with Crippen LogP contribution in [-0.2, 0) is 11.0 Å². The molecule has 0 unspecified atom stereocenters. The number of hydrogen-bond donors (Lipinski definition) is 1. The van der Waals surface area contributed by atoms with Crippen LogP contribution >= 0.6 is 0 Å². The normalized spacial score (nSPS) is 16.3. The first-order chi connectivity index (χ1) is 12.8. The minimum atomic E-state index is -4.45. The van der Waals surface area contributed by atoms with Crippen LogP contribution in [0.1, 0.15) is 30.0 Å². The number of rotatable bonds is 4. The number of anilines is 1. The Balaban J connectivity index is 1.52. The number of nitrogens with one attached hydrogen (secondary N) is 1. The van der Waals surface area contributed by atoms with E-state index in [2.05, 4.69) is 5.32 Å². The Bertz CT molecular complexity index is 803. The molecule has 8 heteroatoms. The van der Waals surface area contributed by atoms with Crippen LogP contribution < -0.4 is 10.0 Å². The molecule has 0 bridgehead atoms. The van der Waals surface area contributed by atoms with E-state index < -0.39 is 11.7 Å². The van der Waals surface area contributed by atoms with Gasteiger partial charge in [-0.15, -0.1) is 0 Å². The van der Waals surface area contributed by atoms with Crippen LogP contribution in [0.4, 0.5) is 18.9 Å². The van der Waals surface area contributed by atoms with Crippen molar-refractivity contribution in [1.82, 2.24) is 4.90 Å². The summed E-state index contributed by atoms with van der Waals surface area (Å²) in [6, 6.07) is 9.92. The van der Waals surface area contributed by atoms with Crippen molar-refractivity contribution in [2.45, 2.75) is 24.9 Å². The Hall–Kier alpha value is -2.61. The Kier molecular flexibility index (Phi) is 5.65. The van der Waals surface area contributed by atoms with Gasteiger partial charge in [0.1, 0.15) is 0 Å². The third-order valence-electron chi connectivity index (χ3n) is 4.70. The van der Waals surface area contributed by atoms with Crippen molar-refractivity contribution in [2.24, 2.45) is 0 Å². The first-order valence-electron chi connectivity index (χ1n) is 8.70. The van der Waals surface area contributed by atoms with E-state index in [0.29, 0.717) is 13.1 Å². The Morgan fingerprint density at radius 3 is 2.59 bits per heavy atom. The predicted octanol–water partition coefficient (Wildman–Crippen LogP) is 3.16. The fourth-order valence-electron chi connectivity index (χ4n) is 3.32. The topological polar surface area (TPSA) is 59.3 Å². The molecule has 1 aliphatic heterocycles. The van der Waals surface area contributed by atoms with E-state index in [1.165, 1.54) is 18.3 Å². The number of aromatic nitrogens is 1. The average Bonchev–Trinajstić information content (AvgIpc) is 2.62. The molecular weight excluding hydrogens is 359 g/mol. The number of nitrogens with zero attached hydrogens (tertiary/aromatic N) is 2. The summed E-state index contributed by atoms with van der Waals surface area (Å²) in [5.41, 5.74) is 0.0573. The number of amides is 1. The molecule has 1 aromatic carbocycles. The summed E-state index contributed by atoms with van der Waals surface area (Å²) < 4.78 is 39.1. The van der Waals surface area contributed by atoms with Crippen LogP contribution in [-0.4, -0.2) is 30.4 Å². The number of likely N-dealkylation sites (tertiary alicyclic amines) is 1. The second kappa shape index (κ2) is 7.96. The number of alkyl halides is 3. The molecule has 0 aliphatic carbocycles. The quantitative estimate of drug-likeness (QED) is 0.656. The van der Waals surface area contributed by atoms with Gasteiger partial charge in [0.25, 0.3) is 0 Å². The minimum absolute atomic E-state index is 0.106. The summed E-state index contributed by atoms with van der Waals surface area (Å²) >= 11 is 0. The van der Waals surface area contributed by atoms with E-state index in [9.17, 15) is 23.2 Å². The van der Waals surface area contributed by atoms with E-state index in [1.54, 1.807) is 6.07 Å². The molecule has 1 aromatic heterocycles. The lowest BCUT2D eigenvalue weighted by molar-refractivity contribution is -0.616. The molecule has 5 nitrogen and oxygen atoms in total. The second-order valence-corrected chi connectivity index (χ2v) is 6.63. The van der Waals surface area contributed by atoms with Crippen LogP contribution in [0.15, 0.2) is 48.7 Å². The van der Waals surface area contributed by atoms with Gasteiger partial charge < -0.3 is 10.5 Å². The summed E-state index contributed by atoms with van der Waals surface area (Å²) in [5.74, 6) is -0.210. The highest BCUT2D eigenvalue weighted by Gasteiger charge is 2.30. The van der Waals surface area contributed by atoms with Gasteiger partial charge in [-0.1, -0.05) is 12.1 Å². The van der Waals surface area contributed by atoms with Gasteiger partial charge in [0, 0.05) is 23.7 Å². The molecule has 2 heterocycles. The van der Waals surface area contributed by atoms with Crippen molar-refractivity contribution in [3.05, 3.63) is 65.1 Å². The lowest BCUT2D eigenvalue weighted by Gasteiger charge is -2.30. The first-order valence-corrected chi connectivity index (χ1v) is 8.70. The molecule has 1 fully saturated rings. The molecular formula is C19H20F3N3O2. The molecule has 0 saturated carbocycles. The number of hydrogen-bond acceptors (Lipinski definition) is 3. The molecule has 0 radical (unpaired) electrons. The number of benzene rings is 1. The van der Waals surface area contributed by atoms with Crippen LogP contribution in [0.5, 0.6) is 0 Å². The molecule has 27 heavy (non-hydrogen) atoms. The smallest absolute Gasteiger partial charge is 0.416 e. The van der Waals surface area contributed by atoms with Gasteiger partial charge in [-0.05, 0) is 44.1 Å². The van der Waals surface area contributed by atoms with Crippen LogP contribution in [0.2, 0.25) is 0 Å². The molecule has 0 atom stereocenters. The Labute approximate surface area is 155 Å². The van der Waals surface area contributed by atoms with Crippen molar-refractivity contribution in [1.29, 1.82) is 0 Å². The fraction of sp³-hybridized carbons (Fsp3) is 0.368. The van der Waals surface area contributed by atoms with Crippen LogP contribution in [0, 0.1) is 5.21 Å². The molecule has 1 saturated heterocycles. The number of carbonyl (C=O) groups excluding carboxylic acids is 1. The molecule has 144 valence electrons. The lowest BCUT2D eigenvalue weighted by atomic mass is 9.93. The van der Waals surface area contributed by atoms with Crippen LogP contribution in [0.3, 0.4) is 0 Å². The Morgan fingerprint density at radius 1 is 1.19 bits per heavy atom. The summed E-state index contributed by atoms with van der Waals surface area (Å²) in [7, 11) is 0. The van der Waals surface area contributed by atoms with Gasteiger partial charge in [0.2, 0.25) is 5.91 Å².